The Morgan fingerprint density at radius 2 is 1.79 bits per heavy atom. The van der Waals surface area contributed by atoms with Gasteiger partial charge in [-0.2, -0.15) is 5.26 Å². The molecule has 0 aliphatic carbocycles. The van der Waals surface area contributed by atoms with Crippen LogP contribution in [0.15, 0.2) is 42.5 Å². The Hall–Kier alpha value is -3.65. The molecule has 0 aromatic heterocycles. The second-order valence-corrected chi connectivity index (χ2v) is 11.8. The number of rotatable bonds is 6. The van der Waals surface area contributed by atoms with Crippen LogP contribution < -0.4 is 4.90 Å². The van der Waals surface area contributed by atoms with E-state index in [1.54, 1.807) is 43.1 Å². The molecule has 12 heteroatoms. The largest absolute Gasteiger partial charge is 0.466 e. The number of likely N-dealkylation sites (N-methyl/N-ethyl adjacent to an activating group) is 1. The van der Waals surface area contributed by atoms with Crippen LogP contribution in [-0.2, 0) is 19.1 Å². The van der Waals surface area contributed by atoms with Crippen LogP contribution in [0.3, 0.4) is 0 Å². The Kier molecular flexibility index (Phi) is 8.46. The number of imide groups is 1. The quantitative estimate of drug-likeness (QED) is 0.359. The Morgan fingerprint density at radius 1 is 1.10 bits per heavy atom. The second kappa shape index (κ2) is 11.9. The van der Waals surface area contributed by atoms with Crippen molar-refractivity contribution in [3.8, 4) is 6.07 Å². The molecule has 3 atom stereocenters. The van der Waals surface area contributed by atoms with E-state index < -0.39 is 23.4 Å². The summed E-state index contributed by atoms with van der Waals surface area (Å²) in [4.78, 5) is 59.9. The maximum Gasteiger partial charge on any atom is 0.332 e. The van der Waals surface area contributed by atoms with Crippen molar-refractivity contribution in [1.82, 2.24) is 14.7 Å². The van der Waals surface area contributed by atoms with Crippen LogP contribution in [0.4, 0.5) is 10.5 Å². The first-order valence-electron chi connectivity index (χ1n) is 13.8. The van der Waals surface area contributed by atoms with Gasteiger partial charge in [-0.05, 0) is 55.7 Å². The van der Waals surface area contributed by atoms with Crippen molar-refractivity contribution >= 4 is 52.7 Å². The van der Waals surface area contributed by atoms with E-state index in [1.807, 2.05) is 4.90 Å². The van der Waals surface area contributed by atoms with E-state index in [0.717, 1.165) is 10.5 Å². The van der Waals surface area contributed by atoms with Crippen LogP contribution in [0.1, 0.15) is 36.8 Å². The third kappa shape index (κ3) is 5.33. The fourth-order valence-electron chi connectivity index (χ4n) is 6.36. The van der Waals surface area contributed by atoms with E-state index in [4.69, 9.17) is 27.9 Å². The molecule has 3 aliphatic rings. The first-order chi connectivity index (χ1) is 20.1. The van der Waals surface area contributed by atoms with Crippen molar-refractivity contribution in [2.24, 2.45) is 5.92 Å². The highest BCUT2D eigenvalue weighted by Crippen LogP contribution is 2.46. The predicted molar refractivity (Wildman–Crippen MR) is 156 cm³/mol. The molecular weight excluding hydrogens is 581 g/mol. The number of carbonyl (C=O) groups excluding carboxylic acids is 4. The maximum absolute atomic E-state index is 14.3. The normalized spacial score (nSPS) is 24.4. The molecule has 42 heavy (non-hydrogen) atoms. The smallest absolute Gasteiger partial charge is 0.332 e. The number of ether oxygens (including phenoxy) is 1. The summed E-state index contributed by atoms with van der Waals surface area (Å²) in [6.45, 7) is 3.32. The number of esters is 1. The molecule has 5 rings (SSSR count). The maximum atomic E-state index is 14.3. The first-order valence-corrected chi connectivity index (χ1v) is 14.6. The van der Waals surface area contributed by atoms with Gasteiger partial charge in [0.05, 0.1) is 36.4 Å². The van der Waals surface area contributed by atoms with E-state index >= 15 is 0 Å². The fourth-order valence-corrected chi connectivity index (χ4v) is 6.88. The number of hydrogen-bond donors (Lipinski definition) is 0. The van der Waals surface area contributed by atoms with Crippen LogP contribution in [0.25, 0.3) is 0 Å². The number of anilines is 1. The van der Waals surface area contributed by atoms with Crippen molar-refractivity contribution in [1.29, 1.82) is 5.26 Å². The summed E-state index contributed by atoms with van der Waals surface area (Å²) in [5.41, 5.74) is 0.174. The zero-order chi connectivity index (χ0) is 30.2. The van der Waals surface area contributed by atoms with Gasteiger partial charge in [0.1, 0.15) is 5.54 Å². The third-order valence-corrected chi connectivity index (χ3v) is 8.87. The molecule has 2 aromatic rings. The van der Waals surface area contributed by atoms with Crippen molar-refractivity contribution in [3.63, 3.8) is 0 Å². The lowest BCUT2D eigenvalue weighted by Crippen LogP contribution is -2.54. The average molecular weight is 613 g/mol. The monoisotopic (exact) mass is 611 g/mol. The Balaban J connectivity index is 1.45. The molecule has 10 nitrogen and oxygen atoms in total. The summed E-state index contributed by atoms with van der Waals surface area (Å²) in [7, 11) is 1.59. The standard InChI is InChI=1S/C30H31Cl2N5O5/c1-3-42-27(39)21-5-4-10-36(15-21)26(38)17-35-16-25(20-8-6-19(14-33)7-9-20)30(18-35)28(40)37(29(41)34(30)2)24-12-22(31)11-23(32)13-24/h6-9,11-13,21,25H,3-5,10,15-18H2,1-2H3. The minimum atomic E-state index is -1.32. The lowest BCUT2D eigenvalue weighted by molar-refractivity contribution is -0.151. The molecule has 2 aromatic carbocycles. The van der Waals surface area contributed by atoms with Crippen LogP contribution in [0.5, 0.6) is 0 Å². The van der Waals surface area contributed by atoms with Gasteiger partial charge in [-0.3, -0.25) is 19.3 Å². The molecular formula is C30H31Cl2N5O5. The summed E-state index contributed by atoms with van der Waals surface area (Å²) in [5.74, 6) is -1.76. The van der Waals surface area contributed by atoms with Gasteiger partial charge in [0.15, 0.2) is 0 Å². The van der Waals surface area contributed by atoms with Crippen molar-refractivity contribution in [2.45, 2.75) is 31.2 Å². The van der Waals surface area contributed by atoms with Crippen LogP contribution in [0.2, 0.25) is 10.0 Å². The number of carbonyl (C=O) groups is 4. The number of hydrogen-bond acceptors (Lipinski definition) is 7. The number of halogens is 2. The number of nitrogens with zero attached hydrogens (tertiary/aromatic N) is 5. The van der Waals surface area contributed by atoms with Gasteiger partial charge in [0, 0.05) is 49.2 Å². The summed E-state index contributed by atoms with van der Waals surface area (Å²) in [6, 6.07) is 13.0. The zero-order valence-electron chi connectivity index (χ0n) is 23.4. The van der Waals surface area contributed by atoms with Gasteiger partial charge in [0.2, 0.25) is 5.91 Å². The number of nitriles is 1. The predicted octanol–water partition coefficient (Wildman–Crippen LogP) is 3.90. The molecule has 3 saturated heterocycles. The Bertz CT molecular complexity index is 1440. The van der Waals surface area contributed by atoms with E-state index in [1.165, 1.54) is 23.1 Å². The van der Waals surface area contributed by atoms with E-state index in [0.29, 0.717) is 31.5 Å². The second-order valence-electron chi connectivity index (χ2n) is 10.9. The fraction of sp³-hybridized carbons (Fsp3) is 0.433. The number of likely N-dealkylation sites (tertiary alicyclic amines) is 2. The van der Waals surface area contributed by atoms with Crippen LogP contribution in [-0.4, -0.2) is 90.4 Å². The summed E-state index contributed by atoms with van der Waals surface area (Å²) in [5, 5.41) is 9.87. The topological polar surface area (TPSA) is 114 Å². The van der Waals surface area contributed by atoms with Crippen LogP contribution >= 0.6 is 23.2 Å². The SMILES string of the molecule is CCOC(=O)C1CCCN(C(=O)CN2CC(c3ccc(C#N)cc3)C3(C2)C(=O)N(c2cc(Cl)cc(Cl)c2)C(=O)N3C)C1. The zero-order valence-corrected chi connectivity index (χ0v) is 24.9. The minimum Gasteiger partial charge on any atom is -0.466 e. The highest BCUT2D eigenvalue weighted by atomic mass is 35.5. The lowest BCUT2D eigenvalue weighted by Gasteiger charge is -2.34. The van der Waals surface area contributed by atoms with Crippen molar-refractivity contribution < 1.29 is 23.9 Å². The number of amides is 4. The Morgan fingerprint density at radius 3 is 2.43 bits per heavy atom. The molecule has 0 N–H and O–H groups in total. The molecule has 220 valence electrons. The molecule has 4 amide bonds. The van der Waals surface area contributed by atoms with Gasteiger partial charge >= 0.3 is 12.0 Å². The van der Waals surface area contributed by atoms with Crippen molar-refractivity contribution in [2.75, 3.05) is 51.3 Å². The molecule has 0 saturated carbocycles. The number of urea groups is 1. The summed E-state index contributed by atoms with van der Waals surface area (Å²) >= 11 is 12.4. The van der Waals surface area contributed by atoms with E-state index in [-0.39, 0.29) is 59.8 Å². The molecule has 3 heterocycles. The molecule has 3 aliphatic heterocycles. The van der Waals surface area contributed by atoms with E-state index in [9.17, 15) is 24.4 Å². The van der Waals surface area contributed by atoms with Gasteiger partial charge < -0.3 is 14.5 Å². The minimum absolute atomic E-state index is 0.0162. The number of benzene rings is 2. The highest BCUT2D eigenvalue weighted by molar-refractivity contribution is 6.35. The van der Waals surface area contributed by atoms with Gasteiger partial charge in [-0.25, -0.2) is 9.69 Å². The molecule has 0 bridgehead atoms. The summed E-state index contributed by atoms with van der Waals surface area (Å²) < 4.78 is 5.18. The highest BCUT2D eigenvalue weighted by Gasteiger charge is 2.64. The number of piperidine rings is 1. The summed E-state index contributed by atoms with van der Waals surface area (Å²) in [6.07, 6.45) is 1.36. The molecule has 0 radical (unpaired) electrons. The lowest BCUT2D eigenvalue weighted by atomic mass is 9.80. The third-order valence-electron chi connectivity index (χ3n) is 8.43. The Labute approximate surface area is 254 Å². The first kappa shape index (κ1) is 29.8. The van der Waals surface area contributed by atoms with Crippen molar-refractivity contribution in [3.05, 3.63) is 63.6 Å². The molecule has 3 fully saturated rings. The van der Waals surface area contributed by atoms with Gasteiger partial charge in [-0.15, -0.1) is 0 Å². The van der Waals surface area contributed by atoms with Crippen LogP contribution in [0, 0.1) is 17.2 Å². The van der Waals surface area contributed by atoms with E-state index in [2.05, 4.69) is 6.07 Å². The van der Waals surface area contributed by atoms with Gasteiger partial charge in [-0.1, -0.05) is 35.3 Å². The average Bonchev–Trinajstić information content (AvgIpc) is 3.44. The molecule has 1 spiro atoms. The van der Waals surface area contributed by atoms with Gasteiger partial charge in [0.25, 0.3) is 5.91 Å². The molecule has 3 unspecified atom stereocenters.